The molecule has 2 amide bonds. The highest BCUT2D eigenvalue weighted by Gasteiger charge is 2.45. The van der Waals surface area contributed by atoms with E-state index in [9.17, 15) is 9.59 Å². The van der Waals surface area contributed by atoms with Gasteiger partial charge in [-0.2, -0.15) is 0 Å². The summed E-state index contributed by atoms with van der Waals surface area (Å²) in [5.74, 6) is -0.816. The monoisotopic (exact) mass is 481 g/mol. The number of ether oxygens (including phenoxy) is 1. The Labute approximate surface area is 211 Å². The first-order valence-electron chi connectivity index (χ1n) is 12.4. The summed E-state index contributed by atoms with van der Waals surface area (Å²) in [5, 5.41) is 4.17. The molecule has 0 spiro atoms. The average Bonchev–Trinajstić information content (AvgIpc) is 3.24. The highest BCUT2D eigenvalue weighted by molar-refractivity contribution is 6.05. The molecule has 3 aromatic carbocycles. The van der Waals surface area contributed by atoms with Gasteiger partial charge in [0.1, 0.15) is 0 Å². The fourth-order valence-electron chi connectivity index (χ4n) is 5.31. The van der Waals surface area contributed by atoms with E-state index in [1.807, 2.05) is 73.9 Å². The number of methoxy groups -OCH3 is 1. The number of benzene rings is 3. The first kappa shape index (κ1) is 23.8. The lowest BCUT2D eigenvalue weighted by Gasteiger charge is -2.41. The maximum absolute atomic E-state index is 14.1. The van der Waals surface area contributed by atoms with Crippen LogP contribution in [0.5, 0.6) is 0 Å². The number of aryl methyl sites for hydroxylation is 2. The second-order valence-electron chi connectivity index (χ2n) is 9.25. The van der Waals surface area contributed by atoms with Gasteiger partial charge in [-0.3, -0.25) is 9.59 Å². The van der Waals surface area contributed by atoms with E-state index in [1.165, 1.54) is 5.56 Å². The normalized spacial score (nSPS) is 17.3. The number of amides is 2. The van der Waals surface area contributed by atoms with Crippen LogP contribution < -0.4 is 5.32 Å². The van der Waals surface area contributed by atoms with Crippen LogP contribution in [0.25, 0.3) is 10.9 Å². The number of hydrogen-bond acceptors (Lipinski definition) is 3. The van der Waals surface area contributed by atoms with Crippen LogP contribution in [0.2, 0.25) is 0 Å². The van der Waals surface area contributed by atoms with Crippen molar-refractivity contribution in [2.75, 3.05) is 25.6 Å². The molecule has 0 aliphatic carbocycles. The lowest BCUT2D eigenvalue weighted by molar-refractivity contribution is -0.119. The van der Waals surface area contributed by atoms with Gasteiger partial charge in [0.15, 0.2) is 0 Å². The van der Waals surface area contributed by atoms with E-state index in [4.69, 9.17) is 4.74 Å². The van der Waals surface area contributed by atoms with Crippen LogP contribution in [-0.2, 0) is 23.0 Å². The first-order chi connectivity index (χ1) is 17.5. The summed E-state index contributed by atoms with van der Waals surface area (Å²) in [4.78, 5) is 29.6. The van der Waals surface area contributed by atoms with E-state index < -0.39 is 12.0 Å². The molecule has 0 saturated heterocycles. The molecule has 1 aliphatic rings. The second-order valence-corrected chi connectivity index (χ2v) is 9.25. The molecule has 36 heavy (non-hydrogen) atoms. The van der Waals surface area contributed by atoms with E-state index in [0.717, 1.165) is 34.1 Å². The second kappa shape index (κ2) is 9.99. The Morgan fingerprint density at radius 3 is 2.44 bits per heavy atom. The number of carbonyl (C=O) groups is 2. The molecule has 5 rings (SSSR count). The van der Waals surface area contributed by atoms with Crippen molar-refractivity contribution in [2.45, 2.75) is 25.3 Å². The molecule has 0 bridgehead atoms. The largest absolute Gasteiger partial charge is 0.383 e. The van der Waals surface area contributed by atoms with Crippen LogP contribution in [0.4, 0.5) is 5.69 Å². The number of hydrogen-bond donors (Lipinski definition) is 1. The van der Waals surface area contributed by atoms with Crippen molar-refractivity contribution in [3.63, 3.8) is 0 Å². The molecule has 6 nitrogen and oxygen atoms in total. The van der Waals surface area contributed by atoms with Crippen LogP contribution in [-0.4, -0.2) is 41.5 Å². The third kappa shape index (κ3) is 4.18. The number of fused-ring (bicyclic) bond motifs is 2. The van der Waals surface area contributed by atoms with Crippen molar-refractivity contribution in [3.05, 3.63) is 101 Å². The molecule has 0 unspecified atom stereocenters. The van der Waals surface area contributed by atoms with Crippen LogP contribution in [0.1, 0.15) is 45.9 Å². The minimum absolute atomic E-state index is 0.0862. The van der Waals surface area contributed by atoms with E-state index in [2.05, 4.69) is 28.9 Å². The molecule has 2 atom stereocenters. The zero-order valence-electron chi connectivity index (χ0n) is 20.9. The molecular weight excluding hydrogens is 450 g/mol. The predicted molar refractivity (Wildman–Crippen MR) is 142 cm³/mol. The van der Waals surface area contributed by atoms with Crippen LogP contribution in [0, 0.1) is 0 Å². The number of carbonyl (C=O) groups excluding carboxylic acids is 2. The molecule has 0 fully saturated rings. The van der Waals surface area contributed by atoms with Gasteiger partial charge < -0.3 is 19.5 Å². The lowest BCUT2D eigenvalue weighted by atomic mass is 9.79. The van der Waals surface area contributed by atoms with Gasteiger partial charge >= 0.3 is 0 Å². The standard InChI is InChI=1S/C30H31N3O3/c1-4-20-13-15-21(16-14-20)31-29(34)27-23-10-5-6-11-24(23)30(35)33(17-18-36-3)28(27)25-19-32(2)26-12-8-7-9-22(25)26/h5-16,19,27-28H,4,17-18H2,1-3H3,(H,31,34)/t27-,28+/m1/s1. The number of aromatic nitrogens is 1. The van der Waals surface area contributed by atoms with Gasteiger partial charge in [0, 0.05) is 54.6 Å². The van der Waals surface area contributed by atoms with Crippen molar-refractivity contribution in [2.24, 2.45) is 7.05 Å². The quantitative estimate of drug-likeness (QED) is 0.389. The van der Waals surface area contributed by atoms with Gasteiger partial charge in [-0.15, -0.1) is 0 Å². The minimum atomic E-state index is -0.590. The molecule has 1 aromatic heterocycles. The Morgan fingerprint density at radius 1 is 0.972 bits per heavy atom. The molecule has 0 radical (unpaired) electrons. The zero-order chi connectivity index (χ0) is 25.2. The van der Waals surface area contributed by atoms with Crippen LogP contribution in [0.15, 0.2) is 79.0 Å². The minimum Gasteiger partial charge on any atom is -0.383 e. The maximum atomic E-state index is 14.1. The Morgan fingerprint density at radius 2 is 1.69 bits per heavy atom. The zero-order valence-corrected chi connectivity index (χ0v) is 20.9. The van der Waals surface area contributed by atoms with Crippen molar-refractivity contribution in [1.29, 1.82) is 0 Å². The number of anilines is 1. The number of rotatable bonds is 7. The van der Waals surface area contributed by atoms with E-state index >= 15 is 0 Å². The van der Waals surface area contributed by atoms with Gasteiger partial charge in [0.25, 0.3) is 5.91 Å². The SMILES string of the molecule is CCc1ccc(NC(=O)[C@@H]2c3ccccc3C(=O)N(CCOC)[C@H]2c2cn(C)c3ccccc23)cc1. The highest BCUT2D eigenvalue weighted by atomic mass is 16.5. The van der Waals surface area contributed by atoms with Crippen LogP contribution in [0.3, 0.4) is 0 Å². The summed E-state index contributed by atoms with van der Waals surface area (Å²) in [6.07, 6.45) is 2.98. The molecule has 0 saturated carbocycles. The van der Waals surface area contributed by atoms with Gasteiger partial charge in [0.2, 0.25) is 5.91 Å². The topological polar surface area (TPSA) is 63.6 Å². The van der Waals surface area contributed by atoms with E-state index in [-0.39, 0.29) is 11.8 Å². The third-order valence-electron chi connectivity index (χ3n) is 7.13. The molecule has 2 heterocycles. The Bertz CT molecular complexity index is 1410. The molecule has 6 heteroatoms. The summed E-state index contributed by atoms with van der Waals surface area (Å²) in [7, 11) is 3.62. The Kier molecular flexibility index (Phi) is 6.61. The van der Waals surface area contributed by atoms with Crippen molar-refractivity contribution in [1.82, 2.24) is 9.47 Å². The third-order valence-corrected chi connectivity index (χ3v) is 7.13. The Balaban J connectivity index is 1.66. The first-order valence-corrected chi connectivity index (χ1v) is 12.4. The molecule has 184 valence electrons. The fraction of sp³-hybridized carbons (Fsp3) is 0.267. The van der Waals surface area contributed by atoms with Crippen molar-refractivity contribution >= 4 is 28.4 Å². The van der Waals surface area contributed by atoms with Gasteiger partial charge in [-0.1, -0.05) is 55.5 Å². The maximum Gasteiger partial charge on any atom is 0.254 e. The highest BCUT2D eigenvalue weighted by Crippen LogP contribution is 2.45. The van der Waals surface area contributed by atoms with Gasteiger partial charge in [-0.05, 0) is 41.8 Å². The predicted octanol–water partition coefficient (Wildman–Crippen LogP) is 5.31. The average molecular weight is 482 g/mol. The summed E-state index contributed by atoms with van der Waals surface area (Å²) in [6, 6.07) is 23.0. The summed E-state index contributed by atoms with van der Waals surface area (Å²) < 4.78 is 7.43. The number of nitrogens with one attached hydrogen (secondary N) is 1. The smallest absolute Gasteiger partial charge is 0.254 e. The number of para-hydroxylation sites is 1. The molecular formula is C30H31N3O3. The van der Waals surface area contributed by atoms with Gasteiger partial charge in [0.05, 0.1) is 18.6 Å². The lowest BCUT2D eigenvalue weighted by Crippen LogP contribution is -2.47. The van der Waals surface area contributed by atoms with Crippen molar-refractivity contribution < 1.29 is 14.3 Å². The Hall–Kier alpha value is -3.90. The molecule has 1 N–H and O–H groups in total. The van der Waals surface area contributed by atoms with Crippen molar-refractivity contribution in [3.8, 4) is 0 Å². The fourth-order valence-corrected chi connectivity index (χ4v) is 5.31. The van der Waals surface area contributed by atoms with Gasteiger partial charge in [-0.25, -0.2) is 0 Å². The molecule has 1 aliphatic heterocycles. The summed E-state index contributed by atoms with van der Waals surface area (Å²) in [6.45, 7) is 2.86. The molecule has 4 aromatic rings. The van der Waals surface area contributed by atoms with E-state index in [0.29, 0.717) is 18.7 Å². The number of nitrogens with zero attached hydrogens (tertiary/aromatic N) is 2. The summed E-state index contributed by atoms with van der Waals surface area (Å²) in [5.41, 5.74) is 5.27. The van der Waals surface area contributed by atoms with E-state index in [1.54, 1.807) is 12.0 Å². The summed E-state index contributed by atoms with van der Waals surface area (Å²) >= 11 is 0. The van der Waals surface area contributed by atoms with Crippen LogP contribution >= 0.6 is 0 Å².